The quantitative estimate of drug-likeness (QED) is 0.146. The Morgan fingerprint density at radius 3 is 2.37 bits per heavy atom. The molecular formula is C24H24F5N5O. The maximum Gasteiger partial charge on any atom is 0.416 e. The van der Waals surface area contributed by atoms with Crippen molar-refractivity contribution in [1.29, 1.82) is 5.41 Å². The highest BCUT2D eigenvalue weighted by atomic mass is 19.4. The van der Waals surface area contributed by atoms with Crippen molar-refractivity contribution in [2.45, 2.75) is 38.5 Å². The van der Waals surface area contributed by atoms with Crippen molar-refractivity contribution in [3.8, 4) is 11.5 Å². The van der Waals surface area contributed by atoms with Crippen molar-refractivity contribution in [3.05, 3.63) is 71.4 Å². The molecule has 2 aromatic carbocycles. The van der Waals surface area contributed by atoms with Crippen LogP contribution in [-0.2, 0) is 12.6 Å². The molecule has 1 unspecified atom stereocenters. The van der Waals surface area contributed by atoms with Gasteiger partial charge in [-0.1, -0.05) is 0 Å². The molecule has 0 spiro atoms. The number of nitrogens with one attached hydrogen (secondary N) is 3. The molecule has 186 valence electrons. The predicted molar refractivity (Wildman–Crippen MR) is 126 cm³/mol. The lowest BCUT2D eigenvalue weighted by Gasteiger charge is -2.20. The first-order valence-electron chi connectivity index (χ1n) is 10.6. The summed E-state index contributed by atoms with van der Waals surface area (Å²) in [7, 11) is 0. The van der Waals surface area contributed by atoms with E-state index in [4.69, 9.17) is 15.9 Å². The molecule has 0 saturated heterocycles. The zero-order valence-corrected chi connectivity index (χ0v) is 18.7. The van der Waals surface area contributed by atoms with Gasteiger partial charge in [-0.2, -0.15) is 13.2 Å². The van der Waals surface area contributed by atoms with Crippen molar-refractivity contribution in [2.24, 2.45) is 0 Å². The molecule has 35 heavy (non-hydrogen) atoms. The number of hydrogen-bond acceptors (Lipinski definition) is 6. The van der Waals surface area contributed by atoms with Crippen LogP contribution in [-0.4, -0.2) is 23.8 Å². The molecular weight excluding hydrogens is 469 g/mol. The molecule has 3 aromatic rings. The van der Waals surface area contributed by atoms with Gasteiger partial charge in [-0.05, 0) is 67.4 Å². The van der Waals surface area contributed by atoms with Crippen molar-refractivity contribution in [2.75, 3.05) is 16.4 Å². The molecule has 0 bridgehead atoms. The third-order valence-electron chi connectivity index (χ3n) is 4.95. The second-order valence-electron chi connectivity index (χ2n) is 7.74. The summed E-state index contributed by atoms with van der Waals surface area (Å²) in [6, 6.07) is 11.6. The lowest BCUT2D eigenvalue weighted by Crippen LogP contribution is -2.25. The minimum atomic E-state index is -4.60. The van der Waals surface area contributed by atoms with Gasteiger partial charge in [0.1, 0.15) is 17.3 Å². The second kappa shape index (κ2) is 11.0. The Balaban J connectivity index is 1.68. The molecule has 1 aromatic heterocycles. The van der Waals surface area contributed by atoms with E-state index in [0.717, 1.165) is 18.3 Å². The Kier molecular flexibility index (Phi) is 8.10. The van der Waals surface area contributed by atoms with Crippen LogP contribution in [0, 0.1) is 5.41 Å². The van der Waals surface area contributed by atoms with Crippen LogP contribution < -0.4 is 21.1 Å². The van der Waals surface area contributed by atoms with E-state index >= 15 is 0 Å². The summed E-state index contributed by atoms with van der Waals surface area (Å²) in [4.78, 5) is 3.91. The molecule has 0 aliphatic carbocycles. The average molecular weight is 493 g/mol. The van der Waals surface area contributed by atoms with E-state index < -0.39 is 30.8 Å². The summed E-state index contributed by atoms with van der Waals surface area (Å²) in [5.41, 5.74) is 6.19. The van der Waals surface area contributed by atoms with E-state index in [0.29, 0.717) is 22.7 Å². The van der Waals surface area contributed by atoms with E-state index in [2.05, 4.69) is 15.6 Å². The Hall–Kier alpha value is -3.89. The minimum absolute atomic E-state index is 0.164. The lowest BCUT2D eigenvalue weighted by molar-refractivity contribution is -0.137. The highest BCUT2D eigenvalue weighted by Crippen LogP contribution is 2.33. The summed E-state index contributed by atoms with van der Waals surface area (Å²) in [6.45, 7) is 1.71. The number of nitrogen functional groups attached to an aromatic ring is 1. The SMILES string of the molecule is CC(Nc1ccc(Oc2ccnc(N)c2C=N)cc1)Nc1cc(CCC(F)F)cc(C(F)(F)F)c1. The van der Waals surface area contributed by atoms with Crippen LogP contribution in [0.25, 0.3) is 0 Å². The fourth-order valence-electron chi connectivity index (χ4n) is 3.35. The number of ether oxygens (including phenoxy) is 1. The van der Waals surface area contributed by atoms with Gasteiger partial charge < -0.3 is 26.5 Å². The number of halogens is 5. The first-order valence-corrected chi connectivity index (χ1v) is 10.6. The molecule has 1 heterocycles. The van der Waals surface area contributed by atoms with Gasteiger partial charge in [-0.15, -0.1) is 0 Å². The molecule has 5 N–H and O–H groups in total. The number of alkyl halides is 5. The first-order chi connectivity index (χ1) is 16.5. The minimum Gasteiger partial charge on any atom is -0.456 e. The van der Waals surface area contributed by atoms with Crippen molar-refractivity contribution < 1.29 is 26.7 Å². The number of nitrogens with two attached hydrogens (primary N) is 1. The maximum absolute atomic E-state index is 13.3. The van der Waals surface area contributed by atoms with E-state index in [1.807, 2.05) is 0 Å². The second-order valence-corrected chi connectivity index (χ2v) is 7.74. The molecule has 0 radical (unpaired) electrons. The molecule has 3 rings (SSSR count). The van der Waals surface area contributed by atoms with Crippen LogP contribution in [0.5, 0.6) is 11.5 Å². The highest BCUT2D eigenvalue weighted by Gasteiger charge is 2.31. The van der Waals surface area contributed by atoms with E-state index in [1.54, 1.807) is 37.3 Å². The maximum atomic E-state index is 13.3. The summed E-state index contributed by atoms with van der Waals surface area (Å²) in [5.74, 6) is 1.02. The normalized spacial score (nSPS) is 12.3. The van der Waals surface area contributed by atoms with Gasteiger partial charge >= 0.3 is 6.18 Å². The van der Waals surface area contributed by atoms with Crippen molar-refractivity contribution in [1.82, 2.24) is 4.98 Å². The number of pyridine rings is 1. The molecule has 0 fully saturated rings. The van der Waals surface area contributed by atoms with Crippen LogP contribution in [0.15, 0.2) is 54.7 Å². The number of nitrogens with zero attached hydrogens (tertiary/aromatic N) is 1. The van der Waals surface area contributed by atoms with Crippen LogP contribution in [0.1, 0.15) is 30.0 Å². The third-order valence-corrected chi connectivity index (χ3v) is 4.95. The van der Waals surface area contributed by atoms with Gasteiger partial charge in [0.15, 0.2) is 0 Å². The van der Waals surface area contributed by atoms with E-state index in [9.17, 15) is 22.0 Å². The number of anilines is 3. The van der Waals surface area contributed by atoms with Crippen LogP contribution in [0.2, 0.25) is 0 Å². The van der Waals surface area contributed by atoms with Gasteiger partial charge in [0.05, 0.1) is 17.3 Å². The van der Waals surface area contributed by atoms with E-state index in [1.165, 1.54) is 12.3 Å². The Morgan fingerprint density at radius 2 is 1.74 bits per heavy atom. The molecule has 0 saturated carbocycles. The molecule has 1 atom stereocenters. The van der Waals surface area contributed by atoms with Gasteiger partial charge in [0.25, 0.3) is 0 Å². The Bertz CT molecular complexity index is 1150. The first kappa shape index (κ1) is 25.7. The molecule has 11 heteroatoms. The van der Waals surface area contributed by atoms with Crippen LogP contribution >= 0.6 is 0 Å². The topological polar surface area (TPSA) is 96.1 Å². The lowest BCUT2D eigenvalue weighted by atomic mass is 10.0. The zero-order chi connectivity index (χ0) is 25.6. The van der Waals surface area contributed by atoms with Crippen molar-refractivity contribution >= 4 is 23.4 Å². The largest absolute Gasteiger partial charge is 0.456 e. The average Bonchev–Trinajstić information content (AvgIpc) is 2.78. The molecule has 6 nitrogen and oxygen atoms in total. The number of hydrogen-bond donors (Lipinski definition) is 4. The molecule has 0 aliphatic rings. The van der Waals surface area contributed by atoms with E-state index in [-0.39, 0.29) is 23.5 Å². The highest BCUT2D eigenvalue weighted by molar-refractivity contribution is 5.87. The number of aryl methyl sites for hydroxylation is 1. The third kappa shape index (κ3) is 7.29. The Labute approximate surface area is 198 Å². The smallest absolute Gasteiger partial charge is 0.416 e. The number of aromatic nitrogens is 1. The van der Waals surface area contributed by atoms with Gasteiger partial charge in [0.2, 0.25) is 6.43 Å². The summed E-state index contributed by atoms with van der Waals surface area (Å²) < 4.78 is 70.6. The van der Waals surface area contributed by atoms with Gasteiger partial charge in [0, 0.05) is 30.2 Å². The number of benzene rings is 2. The fourth-order valence-corrected chi connectivity index (χ4v) is 3.35. The standard InChI is InChI=1S/C24H24F5N5O/c1-14(34-18-11-15(2-7-22(25)26)10-16(12-18)24(27,28)29)33-17-3-5-19(6-4-17)35-21-8-9-32-23(31)20(21)13-30/h3-6,8-14,22,30,33-34H,2,7H2,1H3,(H2,31,32). The van der Waals surface area contributed by atoms with Gasteiger partial charge in [-0.25, -0.2) is 13.8 Å². The van der Waals surface area contributed by atoms with Crippen LogP contribution in [0.4, 0.5) is 39.1 Å². The molecule has 0 aliphatic heterocycles. The summed E-state index contributed by atoms with van der Waals surface area (Å²) in [6.07, 6.45) is -5.85. The summed E-state index contributed by atoms with van der Waals surface area (Å²) in [5, 5.41) is 13.5. The zero-order valence-electron chi connectivity index (χ0n) is 18.7. The molecule has 0 amide bonds. The number of rotatable bonds is 10. The predicted octanol–water partition coefficient (Wildman–Crippen LogP) is 6.54. The van der Waals surface area contributed by atoms with Crippen molar-refractivity contribution in [3.63, 3.8) is 0 Å². The Morgan fingerprint density at radius 1 is 1.06 bits per heavy atom. The van der Waals surface area contributed by atoms with Gasteiger partial charge in [-0.3, -0.25) is 0 Å². The fraction of sp³-hybridized carbons (Fsp3) is 0.250. The summed E-state index contributed by atoms with van der Waals surface area (Å²) >= 11 is 0. The van der Waals surface area contributed by atoms with Crippen LogP contribution in [0.3, 0.4) is 0 Å². The monoisotopic (exact) mass is 493 g/mol.